The van der Waals surface area contributed by atoms with Crippen molar-refractivity contribution < 1.29 is 0 Å². The first-order valence-electron chi connectivity index (χ1n) is 5.99. The molecule has 0 atom stereocenters. The maximum atomic E-state index is 4.22. The highest BCUT2D eigenvalue weighted by Crippen LogP contribution is 2.18. The standard InChI is InChI=1S/C13H13N5S/c1-2-4-10(5-3-1)19-7-6-14-12-11-13(16-8-15-11)18-9-17-12/h1-5,8-9H,6-7H2,(H2,14,15,16,17,18). The molecule has 0 unspecified atom stereocenters. The molecule has 1 aromatic carbocycles. The van der Waals surface area contributed by atoms with E-state index < -0.39 is 0 Å². The predicted octanol–water partition coefficient (Wildman–Crippen LogP) is 2.56. The first kappa shape index (κ1) is 12.0. The van der Waals surface area contributed by atoms with Crippen LogP contribution in [0, 0.1) is 0 Å². The molecule has 3 rings (SSSR count). The zero-order valence-electron chi connectivity index (χ0n) is 10.2. The van der Waals surface area contributed by atoms with E-state index in [0.29, 0.717) is 5.65 Å². The van der Waals surface area contributed by atoms with Crippen molar-refractivity contribution in [1.29, 1.82) is 0 Å². The van der Waals surface area contributed by atoms with Gasteiger partial charge in [-0.3, -0.25) is 0 Å². The van der Waals surface area contributed by atoms with E-state index >= 15 is 0 Å². The van der Waals surface area contributed by atoms with Crippen LogP contribution >= 0.6 is 11.8 Å². The molecular formula is C13H13N5S. The van der Waals surface area contributed by atoms with Gasteiger partial charge < -0.3 is 10.3 Å². The summed E-state index contributed by atoms with van der Waals surface area (Å²) < 4.78 is 0. The van der Waals surface area contributed by atoms with E-state index in [2.05, 4.69) is 37.4 Å². The smallest absolute Gasteiger partial charge is 0.182 e. The van der Waals surface area contributed by atoms with Crippen LogP contribution in [-0.4, -0.2) is 32.2 Å². The molecule has 0 aliphatic rings. The van der Waals surface area contributed by atoms with Gasteiger partial charge in [0.25, 0.3) is 0 Å². The average Bonchev–Trinajstić information content (AvgIpc) is 2.94. The summed E-state index contributed by atoms with van der Waals surface area (Å²) >= 11 is 1.82. The van der Waals surface area contributed by atoms with Gasteiger partial charge in [-0.15, -0.1) is 11.8 Å². The van der Waals surface area contributed by atoms with Crippen molar-refractivity contribution >= 4 is 28.7 Å². The Hall–Kier alpha value is -2.08. The quantitative estimate of drug-likeness (QED) is 0.551. The van der Waals surface area contributed by atoms with Crippen molar-refractivity contribution in [3.8, 4) is 0 Å². The molecule has 0 aliphatic carbocycles. The van der Waals surface area contributed by atoms with Crippen molar-refractivity contribution in [2.45, 2.75) is 4.90 Å². The molecule has 0 amide bonds. The molecule has 0 saturated carbocycles. The lowest BCUT2D eigenvalue weighted by atomic mass is 10.4. The van der Waals surface area contributed by atoms with E-state index in [0.717, 1.165) is 23.6 Å². The topological polar surface area (TPSA) is 66.5 Å². The van der Waals surface area contributed by atoms with Crippen LogP contribution in [0.1, 0.15) is 0 Å². The zero-order valence-corrected chi connectivity index (χ0v) is 11.0. The lowest BCUT2D eigenvalue weighted by Crippen LogP contribution is -2.06. The van der Waals surface area contributed by atoms with E-state index in [-0.39, 0.29) is 0 Å². The SMILES string of the molecule is c1ccc(SCCNc2ncnc3nc[nH]c23)cc1. The number of nitrogens with zero attached hydrogens (tertiary/aromatic N) is 3. The first-order valence-corrected chi connectivity index (χ1v) is 6.98. The van der Waals surface area contributed by atoms with Gasteiger partial charge >= 0.3 is 0 Å². The van der Waals surface area contributed by atoms with Gasteiger partial charge in [0.05, 0.1) is 6.33 Å². The summed E-state index contributed by atoms with van der Waals surface area (Å²) in [4.78, 5) is 16.7. The molecule has 0 bridgehead atoms. The number of aromatic amines is 1. The molecule has 0 radical (unpaired) electrons. The molecule has 19 heavy (non-hydrogen) atoms. The maximum absolute atomic E-state index is 4.22. The number of benzene rings is 1. The van der Waals surface area contributed by atoms with Crippen LogP contribution in [0.3, 0.4) is 0 Å². The molecule has 2 aromatic heterocycles. The number of imidazole rings is 1. The number of aromatic nitrogens is 4. The van der Waals surface area contributed by atoms with Crippen LogP contribution in [0.5, 0.6) is 0 Å². The molecule has 0 fully saturated rings. The van der Waals surface area contributed by atoms with Gasteiger partial charge in [-0.25, -0.2) is 15.0 Å². The number of H-pyrrole nitrogens is 1. The van der Waals surface area contributed by atoms with Crippen molar-refractivity contribution in [2.24, 2.45) is 0 Å². The molecule has 2 N–H and O–H groups in total. The van der Waals surface area contributed by atoms with Gasteiger partial charge in [0.15, 0.2) is 11.5 Å². The van der Waals surface area contributed by atoms with Gasteiger partial charge in [-0.05, 0) is 12.1 Å². The third-order valence-electron chi connectivity index (χ3n) is 2.63. The monoisotopic (exact) mass is 271 g/mol. The fraction of sp³-hybridized carbons (Fsp3) is 0.154. The molecule has 96 valence electrons. The molecule has 3 aromatic rings. The van der Waals surface area contributed by atoms with Crippen molar-refractivity contribution in [3.05, 3.63) is 43.0 Å². The number of fused-ring (bicyclic) bond motifs is 1. The van der Waals surface area contributed by atoms with E-state index in [1.807, 2.05) is 30.0 Å². The fourth-order valence-corrected chi connectivity index (χ4v) is 2.54. The molecule has 0 aliphatic heterocycles. The summed E-state index contributed by atoms with van der Waals surface area (Å²) in [6, 6.07) is 10.4. The number of thioether (sulfide) groups is 1. The van der Waals surface area contributed by atoms with Crippen molar-refractivity contribution in [1.82, 2.24) is 19.9 Å². The minimum absolute atomic E-state index is 0.688. The largest absolute Gasteiger partial charge is 0.367 e. The molecule has 5 nitrogen and oxygen atoms in total. The highest BCUT2D eigenvalue weighted by molar-refractivity contribution is 7.99. The summed E-state index contributed by atoms with van der Waals surface area (Å²) in [5.74, 6) is 1.78. The minimum atomic E-state index is 0.688. The van der Waals surface area contributed by atoms with Crippen LogP contribution in [0.2, 0.25) is 0 Å². The minimum Gasteiger partial charge on any atom is -0.367 e. The normalized spacial score (nSPS) is 10.7. The molecule has 0 spiro atoms. The number of rotatable bonds is 5. The van der Waals surface area contributed by atoms with Gasteiger partial charge in [0, 0.05) is 17.2 Å². The Morgan fingerprint density at radius 1 is 1.11 bits per heavy atom. The van der Waals surface area contributed by atoms with Gasteiger partial charge in [-0.1, -0.05) is 18.2 Å². The summed E-state index contributed by atoms with van der Waals surface area (Å²) in [6.07, 6.45) is 3.15. The summed E-state index contributed by atoms with van der Waals surface area (Å²) in [5.41, 5.74) is 1.54. The predicted molar refractivity (Wildman–Crippen MR) is 77.3 cm³/mol. The van der Waals surface area contributed by atoms with E-state index in [1.54, 1.807) is 6.33 Å². The fourth-order valence-electron chi connectivity index (χ4n) is 1.75. The second kappa shape index (κ2) is 5.71. The first-order chi connectivity index (χ1) is 9.43. The Kier molecular flexibility index (Phi) is 3.60. The Labute approximate surface area is 114 Å². The number of anilines is 1. The molecule has 2 heterocycles. The second-order valence-corrected chi connectivity index (χ2v) is 5.08. The Morgan fingerprint density at radius 3 is 2.89 bits per heavy atom. The molecule has 0 saturated heterocycles. The molecule has 6 heteroatoms. The zero-order chi connectivity index (χ0) is 12.9. The highest BCUT2D eigenvalue weighted by atomic mass is 32.2. The number of hydrogen-bond donors (Lipinski definition) is 2. The van der Waals surface area contributed by atoms with E-state index in [4.69, 9.17) is 0 Å². The third-order valence-corrected chi connectivity index (χ3v) is 3.64. The van der Waals surface area contributed by atoms with Crippen LogP contribution < -0.4 is 5.32 Å². The van der Waals surface area contributed by atoms with Gasteiger partial charge in [-0.2, -0.15) is 0 Å². The Bertz CT molecular complexity index is 652. The second-order valence-electron chi connectivity index (χ2n) is 3.91. The molecular weight excluding hydrogens is 258 g/mol. The number of nitrogens with one attached hydrogen (secondary N) is 2. The summed E-state index contributed by atoms with van der Waals surface area (Å²) in [5, 5.41) is 3.30. The lowest BCUT2D eigenvalue weighted by molar-refractivity contribution is 1.14. The highest BCUT2D eigenvalue weighted by Gasteiger charge is 2.04. The van der Waals surface area contributed by atoms with Crippen LogP contribution in [0.15, 0.2) is 47.9 Å². The summed E-state index contributed by atoms with van der Waals surface area (Å²) in [7, 11) is 0. The van der Waals surface area contributed by atoms with Crippen molar-refractivity contribution in [3.63, 3.8) is 0 Å². The Morgan fingerprint density at radius 2 is 2.00 bits per heavy atom. The lowest BCUT2D eigenvalue weighted by Gasteiger charge is -2.05. The van der Waals surface area contributed by atoms with Gasteiger partial charge in [0.1, 0.15) is 11.8 Å². The van der Waals surface area contributed by atoms with Crippen LogP contribution in [-0.2, 0) is 0 Å². The third kappa shape index (κ3) is 2.85. The Balaban J connectivity index is 1.57. The van der Waals surface area contributed by atoms with Crippen LogP contribution in [0.4, 0.5) is 5.82 Å². The van der Waals surface area contributed by atoms with E-state index in [1.165, 1.54) is 11.2 Å². The summed E-state index contributed by atoms with van der Waals surface area (Å²) in [6.45, 7) is 0.838. The number of hydrogen-bond acceptors (Lipinski definition) is 5. The van der Waals surface area contributed by atoms with Crippen LogP contribution in [0.25, 0.3) is 11.2 Å². The average molecular weight is 271 g/mol. The van der Waals surface area contributed by atoms with E-state index in [9.17, 15) is 0 Å². The van der Waals surface area contributed by atoms with Crippen molar-refractivity contribution in [2.75, 3.05) is 17.6 Å². The van der Waals surface area contributed by atoms with Gasteiger partial charge in [0.2, 0.25) is 0 Å². The maximum Gasteiger partial charge on any atom is 0.182 e.